The predicted octanol–water partition coefficient (Wildman–Crippen LogP) is 4.89. The third-order valence-electron chi connectivity index (χ3n) is 4.78. The molecule has 0 radical (unpaired) electrons. The first-order chi connectivity index (χ1) is 16.0. The normalized spacial score (nSPS) is 11.0. The number of hydrazine groups is 1. The van der Waals surface area contributed by atoms with Gasteiger partial charge in [-0.2, -0.15) is 0 Å². The van der Waals surface area contributed by atoms with Crippen molar-refractivity contribution >= 4 is 45.1 Å². The average molecular weight is 551 g/mol. The van der Waals surface area contributed by atoms with E-state index in [9.17, 15) is 9.59 Å². The molecule has 2 amide bonds. The molecule has 0 aliphatic heterocycles. The largest absolute Gasteiger partial charge is 0.493 e. The number of carbonyl (C=O) groups is 2. The first-order valence-electron chi connectivity index (χ1n) is 11.0. The summed E-state index contributed by atoms with van der Waals surface area (Å²) in [6.45, 7) is 10.8. The summed E-state index contributed by atoms with van der Waals surface area (Å²) in [6.07, 6.45) is 0.876. The molecule has 2 aromatic rings. The zero-order chi connectivity index (χ0) is 25.3. The van der Waals surface area contributed by atoms with Crippen molar-refractivity contribution in [2.45, 2.75) is 46.5 Å². The zero-order valence-corrected chi connectivity index (χ0v) is 22.6. The van der Waals surface area contributed by atoms with Crippen molar-refractivity contribution < 1.29 is 19.1 Å². The minimum Gasteiger partial charge on any atom is -0.493 e. The number of hydrogen-bond donors (Lipinski definition) is 3. The molecule has 184 valence electrons. The third-order valence-corrected chi connectivity index (χ3v) is 5.61. The standard InChI is InChI=1S/C25H32BrN3O4S/c1-16(2)12-13-32-20-9-7-6-8-18(20)23(31)27-24(34)29-28-22(30)15-33-21-11-10-17(14-19(21)26)25(3,4)5/h6-11,14,16H,12-13,15H2,1-5H3,(H,28,30)(H2,27,29,31,34). The number of benzene rings is 2. The zero-order valence-electron chi connectivity index (χ0n) is 20.2. The summed E-state index contributed by atoms with van der Waals surface area (Å²) >= 11 is 8.59. The molecular formula is C25H32BrN3O4S. The van der Waals surface area contributed by atoms with Gasteiger partial charge in [-0.05, 0) is 75.7 Å². The van der Waals surface area contributed by atoms with E-state index in [1.807, 2.05) is 18.2 Å². The highest BCUT2D eigenvalue weighted by atomic mass is 79.9. The van der Waals surface area contributed by atoms with Crippen LogP contribution in [-0.4, -0.2) is 30.1 Å². The highest BCUT2D eigenvalue weighted by Crippen LogP contribution is 2.31. The maximum Gasteiger partial charge on any atom is 0.276 e. The number of rotatable bonds is 8. The fraction of sp³-hybridized carbons (Fsp3) is 0.400. The molecule has 0 atom stereocenters. The number of carbonyl (C=O) groups excluding carboxylic acids is 2. The summed E-state index contributed by atoms with van der Waals surface area (Å²) in [7, 11) is 0. The number of halogens is 1. The van der Waals surface area contributed by atoms with Crippen LogP contribution in [0, 0.1) is 5.92 Å². The van der Waals surface area contributed by atoms with Crippen LogP contribution in [0.15, 0.2) is 46.9 Å². The number of para-hydroxylation sites is 1. The van der Waals surface area contributed by atoms with Crippen LogP contribution in [-0.2, 0) is 10.2 Å². The fourth-order valence-electron chi connectivity index (χ4n) is 2.78. The van der Waals surface area contributed by atoms with Crippen LogP contribution in [0.25, 0.3) is 0 Å². The van der Waals surface area contributed by atoms with Crippen molar-refractivity contribution in [2.75, 3.05) is 13.2 Å². The van der Waals surface area contributed by atoms with Crippen molar-refractivity contribution in [3.05, 3.63) is 58.1 Å². The Hall–Kier alpha value is -2.65. The van der Waals surface area contributed by atoms with Crippen LogP contribution >= 0.6 is 28.1 Å². The van der Waals surface area contributed by atoms with Gasteiger partial charge in [0.15, 0.2) is 11.7 Å². The van der Waals surface area contributed by atoms with Crippen LogP contribution in [0.4, 0.5) is 0 Å². The molecule has 0 unspecified atom stereocenters. The second-order valence-corrected chi connectivity index (χ2v) is 10.4. The Bertz CT molecular complexity index is 1020. The molecule has 2 rings (SSSR count). The van der Waals surface area contributed by atoms with E-state index < -0.39 is 11.8 Å². The first-order valence-corrected chi connectivity index (χ1v) is 12.2. The number of nitrogens with one attached hydrogen (secondary N) is 3. The summed E-state index contributed by atoms with van der Waals surface area (Å²) < 4.78 is 12.1. The topological polar surface area (TPSA) is 88.7 Å². The molecule has 7 nitrogen and oxygen atoms in total. The number of amides is 2. The predicted molar refractivity (Wildman–Crippen MR) is 141 cm³/mol. The lowest BCUT2D eigenvalue weighted by Gasteiger charge is -2.20. The van der Waals surface area contributed by atoms with Crippen LogP contribution in [0.3, 0.4) is 0 Å². The van der Waals surface area contributed by atoms with E-state index in [0.29, 0.717) is 29.6 Å². The molecule has 2 aromatic carbocycles. The van der Waals surface area contributed by atoms with Crippen molar-refractivity contribution in [1.29, 1.82) is 0 Å². The SMILES string of the molecule is CC(C)CCOc1ccccc1C(=O)NC(=S)NNC(=O)COc1ccc(C(C)(C)C)cc1Br. The van der Waals surface area contributed by atoms with Crippen molar-refractivity contribution in [2.24, 2.45) is 5.92 Å². The number of thiocarbonyl (C=S) groups is 1. The van der Waals surface area contributed by atoms with E-state index in [1.54, 1.807) is 24.3 Å². The molecular weight excluding hydrogens is 518 g/mol. The summed E-state index contributed by atoms with van der Waals surface area (Å²) in [5.74, 6) is 0.623. The van der Waals surface area contributed by atoms with E-state index in [0.717, 1.165) is 16.5 Å². The second kappa shape index (κ2) is 12.7. The Morgan fingerprint density at radius 1 is 1.03 bits per heavy atom. The number of ether oxygens (including phenoxy) is 2. The van der Waals surface area contributed by atoms with Gasteiger partial charge >= 0.3 is 0 Å². The Morgan fingerprint density at radius 2 is 1.74 bits per heavy atom. The molecule has 0 aromatic heterocycles. The summed E-state index contributed by atoms with van der Waals surface area (Å²) in [5, 5.41) is 2.48. The molecule has 0 heterocycles. The van der Waals surface area contributed by atoms with Gasteiger partial charge in [0.25, 0.3) is 11.8 Å². The molecule has 0 aliphatic rings. The first kappa shape index (κ1) is 27.6. The molecule has 9 heteroatoms. The quantitative estimate of drug-likeness (QED) is 0.321. The molecule has 0 fully saturated rings. The lowest BCUT2D eigenvalue weighted by molar-refractivity contribution is -0.123. The Labute approximate surface area is 215 Å². The van der Waals surface area contributed by atoms with Gasteiger partial charge in [-0.1, -0.05) is 52.8 Å². The average Bonchev–Trinajstić information content (AvgIpc) is 2.76. The van der Waals surface area contributed by atoms with Gasteiger partial charge in [0, 0.05) is 0 Å². The van der Waals surface area contributed by atoms with Crippen LogP contribution in [0.2, 0.25) is 0 Å². The van der Waals surface area contributed by atoms with Gasteiger partial charge in [0.1, 0.15) is 11.5 Å². The van der Waals surface area contributed by atoms with Crippen LogP contribution in [0.5, 0.6) is 11.5 Å². The molecule has 0 bridgehead atoms. The lowest BCUT2D eigenvalue weighted by atomic mass is 9.87. The molecule has 3 N–H and O–H groups in total. The van der Waals surface area contributed by atoms with Crippen LogP contribution < -0.4 is 25.6 Å². The van der Waals surface area contributed by atoms with Crippen molar-refractivity contribution in [3.63, 3.8) is 0 Å². The minimum atomic E-state index is -0.458. The molecule has 0 saturated carbocycles. The van der Waals surface area contributed by atoms with Gasteiger partial charge in [0.05, 0.1) is 16.6 Å². The molecule has 0 saturated heterocycles. The smallest absolute Gasteiger partial charge is 0.276 e. The van der Waals surface area contributed by atoms with E-state index in [1.165, 1.54) is 0 Å². The van der Waals surface area contributed by atoms with Crippen LogP contribution in [0.1, 0.15) is 57.0 Å². The summed E-state index contributed by atoms with van der Waals surface area (Å²) in [6, 6.07) is 12.7. The molecule has 0 aliphatic carbocycles. The fourth-order valence-corrected chi connectivity index (χ4v) is 3.41. The second-order valence-electron chi connectivity index (χ2n) is 9.17. The summed E-state index contributed by atoms with van der Waals surface area (Å²) in [4.78, 5) is 24.7. The van der Waals surface area contributed by atoms with Crippen molar-refractivity contribution in [1.82, 2.24) is 16.2 Å². The van der Waals surface area contributed by atoms with E-state index in [4.69, 9.17) is 21.7 Å². The van der Waals surface area contributed by atoms with Gasteiger partial charge in [-0.25, -0.2) is 0 Å². The highest BCUT2D eigenvalue weighted by Gasteiger charge is 2.16. The van der Waals surface area contributed by atoms with E-state index in [-0.39, 0.29) is 17.1 Å². The van der Waals surface area contributed by atoms with Gasteiger partial charge in [-0.15, -0.1) is 0 Å². The molecule has 0 spiro atoms. The highest BCUT2D eigenvalue weighted by molar-refractivity contribution is 9.10. The minimum absolute atomic E-state index is 0.00317. The lowest BCUT2D eigenvalue weighted by Crippen LogP contribution is -2.49. The monoisotopic (exact) mass is 549 g/mol. The van der Waals surface area contributed by atoms with E-state index in [2.05, 4.69) is 66.7 Å². The van der Waals surface area contributed by atoms with E-state index >= 15 is 0 Å². The van der Waals surface area contributed by atoms with Gasteiger partial charge < -0.3 is 9.47 Å². The molecule has 34 heavy (non-hydrogen) atoms. The maximum atomic E-state index is 12.6. The maximum absolute atomic E-state index is 12.6. The van der Waals surface area contributed by atoms with Gasteiger partial charge in [-0.3, -0.25) is 25.8 Å². The van der Waals surface area contributed by atoms with Gasteiger partial charge in [0.2, 0.25) is 0 Å². The Balaban J connectivity index is 1.82. The number of hydrogen-bond acceptors (Lipinski definition) is 5. The summed E-state index contributed by atoms with van der Waals surface area (Å²) in [5.41, 5.74) is 6.42. The Kier molecular flexibility index (Phi) is 10.3. The third kappa shape index (κ3) is 8.95. The van der Waals surface area contributed by atoms with Crippen molar-refractivity contribution in [3.8, 4) is 11.5 Å². The Morgan fingerprint density at radius 3 is 2.38 bits per heavy atom.